The maximum atomic E-state index is 13.9. The second-order valence-corrected chi connectivity index (χ2v) is 8.52. The van der Waals surface area contributed by atoms with Crippen LogP contribution in [0, 0.1) is 0 Å². The molecule has 1 aliphatic rings. The Morgan fingerprint density at radius 3 is 2.46 bits per heavy atom. The minimum absolute atomic E-state index is 0.296. The molecule has 0 spiro atoms. The molecule has 0 saturated carbocycles. The van der Waals surface area contributed by atoms with E-state index in [-0.39, 0.29) is 12.1 Å². The van der Waals surface area contributed by atoms with Gasteiger partial charge < -0.3 is 19.5 Å². The monoisotopic (exact) mass is 465 g/mol. The lowest BCUT2D eigenvalue weighted by Gasteiger charge is -2.31. The Balaban J connectivity index is 1.61. The van der Waals surface area contributed by atoms with Crippen molar-refractivity contribution in [3.8, 4) is 5.69 Å². The first kappa shape index (κ1) is 22.5. The molecule has 0 aliphatic carbocycles. The van der Waals surface area contributed by atoms with E-state index in [0.717, 1.165) is 28.9 Å². The van der Waals surface area contributed by atoms with Crippen LogP contribution in [0.5, 0.6) is 0 Å². The first-order valence-electron chi connectivity index (χ1n) is 11.7. The number of methoxy groups -OCH3 is 1. The van der Waals surface area contributed by atoms with Crippen LogP contribution in [-0.4, -0.2) is 28.6 Å². The number of esters is 1. The van der Waals surface area contributed by atoms with Crippen LogP contribution in [0.3, 0.4) is 0 Å². The first-order chi connectivity index (χ1) is 17.1. The van der Waals surface area contributed by atoms with Crippen LogP contribution in [0.1, 0.15) is 45.7 Å². The maximum Gasteiger partial charge on any atom is 0.339 e. The van der Waals surface area contributed by atoms with Crippen LogP contribution < -0.4 is 5.32 Å². The normalized spacial score (nSPS) is 14.5. The lowest BCUT2D eigenvalue weighted by Crippen LogP contribution is -2.38. The molecule has 2 heterocycles. The highest BCUT2D eigenvalue weighted by atomic mass is 16.5. The predicted molar refractivity (Wildman–Crippen MR) is 136 cm³/mol. The van der Waals surface area contributed by atoms with Gasteiger partial charge in [-0.25, -0.2) is 9.59 Å². The number of benzene rings is 3. The highest BCUT2D eigenvalue weighted by Crippen LogP contribution is 2.37. The van der Waals surface area contributed by atoms with E-state index < -0.39 is 5.97 Å². The molecule has 6 heteroatoms. The molecule has 0 saturated heterocycles. The van der Waals surface area contributed by atoms with Crippen molar-refractivity contribution in [2.45, 2.75) is 25.9 Å². The molecule has 0 bridgehead atoms. The van der Waals surface area contributed by atoms with Crippen molar-refractivity contribution in [2.75, 3.05) is 12.4 Å². The number of hydrogen-bond donors (Lipinski definition) is 1. The Morgan fingerprint density at radius 2 is 1.69 bits per heavy atom. The summed E-state index contributed by atoms with van der Waals surface area (Å²) in [6.45, 7) is 2.53. The molecule has 35 heavy (non-hydrogen) atoms. The molecule has 0 fully saturated rings. The third-order valence-corrected chi connectivity index (χ3v) is 6.50. The topological polar surface area (TPSA) is 63.6 Å². The van der Waals surface area contributed by atoms with E-state index in [1.54, 1.807) is 24.3 Å². The Morgan fingerprint density at radius 1 is 0.943 bits per heavy atom. The molecule has 6 nitrogen and oxygen atoms in total. The zero-order chi connectivity index (χ0) is 24.4. The number of ether oxygens (including phenoxy) is 1. The number of carbonyl (C=O) groups excluding carboxylic acids is 2. The van der Waals surface area contributed by atoms with Crippen LogP contribution in [-0.2, 0) is 17.7 Å². The summed E-state index contributed by atoms with van der Waals surface area (Å²) in [5.74, 6) is -0.498. The smallest absolute Gasteiger partial charge is 0.339 e. The van der Waals surface area contributed by atoms with E-state index in [1.807, 2.05) is 35.4 Å². The fourth-order valence-corrected chi connectivity index (χ4v) is 4.69. The summed E-state index contributed by atoms with van der Waals surface area (Å²) in [7, 11) is 1.33. The molecular formula is C29H27N3O3. The van der Waals surface area contributed by atoms with Crippen LogP contribution in [0.4, 0.5) is 10.5 Å². The standard InChI is InChI=1S/C29H27N3O3/c1-3-20-14-16-21(17-15-20)27-26-13-8-18-31(26)25-12-7-4-9-22(25)19-32(27)29(34)30-24-11-6-5-10-23(24)28(33)35-2/h4-18,27H,3,19H2,1-2H3,(H,30,34)/t27-/m0/s1. The van der Waals surface area contributed by atoms with Crippen LogP contribution in [0.25, 0.3) is 5.69 Å². The number of carbonyl (C=O) groups is 2. The molecule has 2 amide bonds. The second-order valence-electron chi connectivity index (χ2n) is 8.52. The van der Waals surface area contributed by atoms with Crippen molar-refractivity contribution in [3.63, 3.8) is 0 Å². The Bertz CT molecular complexity index is 1370. The highest BCUT2D eigenvalue weighted by Gasteiger charge is 2.33. The largest absolute Gasteiger partial charge is 0.465 e. The molecule has 5 rings (SSSR count). The number of fused-ring (bicyclic) bond motifs is 3. The van der Waals surface area contributed by atoms with E-state index in [4.69, 9.17) is 4.74 Å². The van der Waals surface area contributed by atoms with Crippen molar-refractivity contribution in [1.29, 1.82) is 0 Å². The average molecular weight is 466 g/mol. The Kier molecular flexibility index (Phi) is 6.10. The minimum atomic E-state index is -0.498. The van der Waals surface area contributed by atoms with Gasteiger partial charge in [0.2, 0.25) is 0 Å². The highest BCUT2D eigenvalue weighted by molar-refractivity contribution is 6.01. The molecule has 3 aromatic carbocycles. The SMILES string of the molecule is CCc1ccc([C@H]2c3cccn3-c3ccccc3CN2C(=O)Nc2ccccc2C(=O)OC)cc1. The summed E-state index contributed by atoms with van der Waals surface area (Å²) < 4.78 is 7.07. The molecular weight excluding hydrogens is 438 g/mol. The number of aryl methyl sites for hydroxylation is 1. The van der Waals surface area contributed by atoms with Gasteiger partial charge in [-0.2, -0.15) is 0 Å². The third kappa shape index (κ3) is 4.19. The number of anilines is 1. The van der Waals surface area contributed by atoms with Crippen LogP contribution in [0.2, 0.25) is 0 Å². The summed E-state index contributed by atoms with van der Waals surface area (Å²) in [4.78, 5) is 28.0. The fourth-order valence-electron chi connectivity index (χ4n) is 4.69. The van der Waals surface area contributed by atoms with Gasteiger partial charge in [0.1, 0.15) is 0 Å². The van der Waals surface area contributed by atoms with Crippen molar-refractivity contribution in [2.24, 2.45) is 0 Å². The van der Waals surface area contributed by atoms with Gasteiger partial charge in [0.05, 0.1) is 36.6 Å². The van der Waals surface area contributed by atoms with E-state index in [9.17, 15) is 9.59 Å². The molecule has 0 unspecified atom stereocenters. The predicted octanol–water partition coefficient (Wildman–Crippen LogP) is 5.96. The number of hydrogen-bond acceptors (Lipinski definition) is 3. The zero-order valence-electron chi connectivity index (χ0n) is 19.8. The van der Waals surface area contributed by atoms with Gasteiger partial charge in [0.25, 0.3) is 0 Å². The van der Waals surface area contributed by atoms with Gasteiger partial charge in [-0.1, -0.05) is 61.5 Å². The summed E-state index contributed by atoms with van der Waals surface area (Å²) in [6, 6.07) is 26.9. The number of urea groups is 1. The lowest BCUT2D eigenvalue weighted by atomic mass is 10.00. The number of para-hydroxylation sites is 2. The minimum Gasteiger partial charge on any atom is -0.465 e. The van der Waals surface area contributed by atoms with E-state index >= 15 is 0 Å². The summed E-state index contributed by atoms with van der Waals surface area (Å²) >= 11 is 0. The summed E-state index contributed by atoms with van der Waals surface area (Å²) in [6.07, 6.45) is 2.98. The summed E-state index contributed by atoms with van der Waals surface area (Å²) in [5.41, 5.74) is 6.07. The average Bonchev–Trinajstić information content (AvgIpc) is 3.33. The Labute approximate surface area is 204 Å². The first-order valence-corrected chi connectivity index (χ1v) is 11.7. The van der Waals surface area contributed by atoms with Gasteiger partial charge in [-0.15, -0.1) is 0 Å². The molecule has 1 aliphatic heterocycles. The third-order valence-electron chi connectivity index (χ3n) is 6.50. The molecule has 1 N–H and O–H groups in total. The van der Waals surface area contributed by atoms with E-state index in [2.05, 4.69) is 53.2 Å². The molecule has 1 aromatic heterocycles. The number of amides is 2. The maximum absolute atomic E-state index is 13.9. The van der Waals surface area contributed by atoms with Crippen molar-refractivity contribution >= 4 is 17.7 Å². The number of nitrogens with zero attached hydrogens (tertiary/aromatic N) is 2. The molecule has 1 atom stereocenters. The van der Waals surface area contributed by atoms with Crippen molar-refractivity contribution < 1.29 is 14.3 Å². The van der Waals surface area contributed by atoms with Gasteiger partial charge in [-0.05, 0) is 53.4 Å². The Hall–Kier alpha value is -4.32. The van der Waals surface area contributed by atoms with E-state index in [1.165, 1.54) is 12.7 Å². The van der Waals surface area contributed by atoms with Gasteiger partial charge >= 0.3 is 12.0 Å². The molecule has 176 valence electrons. The van der Waals surface area contributed by atoms with E-state index in [0.29, 0.717) is 17.8 Å². The number of rotatable bonds is 4. The van der Waals surface area contributed by atoms with Crippen molar-refractivity contribution in [3.05, 3.63) is 119 Å². The molecule has 0 radical (unpaired) electrons. The second kappa shape index (κ2) is 9.50. The number of nitrogens with one attached hydrogen (secondary N) is 1. The van der Waals surface area contributed by atoms with Crippen molar-refractivity contribution in [1.82, 2.24) is 9.47 Å². The molecule has 4 aromatic rings. The zero-order valence-corrected chi connectivity index (χ0v) is 19.8. The van der Waals surface area contributed by atoms with Gasteiger partial charge in [-0.3, -0.25) is 0 Å². The summed E-state index contributed by atoms with van der Waals surface area (Å²) in [5, 5.41) is 2.98. The lowest BCUT2D eigenvalue weighted by molar-refractivity contribution is 0.0602. The van der Waals surface area contributed by atoms with Crippen LogP contribution in [0.15, 0.2) is 91.1 Å². The number of aromatic nitrogens is 1. The van der Waals surface area contributed by atoms with Crippen LogP contribution >= 0.6 is 0 Å². The van der Waals surface area contributed by atoms with Gasteiger partial charge in [0, 0.05) is 11.9 Å². The quantitative estimate of drug-likeness (QED) is 0.378. The fraction of sp³-hybridized carbons (Fsp3) is 0.172. The van der Waals surface area contributed by atoms with Gasteiger partial charge in [0.15, 0.2) is 0 Å².